The first-order valence-corrected chi connectivity index (χ1v) is 23.4. The van der Waals surface area contributed by atoms with E-state index in [-0.39, 0.29) is 48.3 Å². The van der Waals surface area contributed by atoms with E-state index in [1.54, 1.807) is 64.1 Å². The fourth-order valence-electron chi connectivity index (χ4n) is 11.1. The van der Waals surface area contributed by atoms with Gasteiger partial charge in [0.1, 0.15) is 41.7 Å². The summed E-state index contributed by atoms with van der Waals surface area (Å²) < 4.78 is 36.0. The van der Waals surface area contributed by atoms with Gasteiger partial charge in [0.15, 0.2) is 11.4 Å². The second kappa shape index (κ2) is 19.0. The minimum Gasteiger partial charge on any atom is -0.455 e. The smallest absolute Gasteiger partial charge is 0.408 e. The highest BCUT2D eigenvalue weighted by molar-refractivity contribution is 6.03. The van der Waals surface area contributed by atoms with Crippen molar-refractivity contribution < 1.29 is 82.1 Å². The molecule has 5 aliphatic rings. The Morgan fingerprint density at radius 1 is 0.943 bits per heavy atom. The fraction of sp³-hybridized carbons (Fsp3) is 0.569. The Bertz CT molecular complexity index is 2470. The van der Waals surface area contributed by atoms with Gasteiger partial charge in [0.25, 0.3) is 0 Å². The van der Waals surface area contributed by atoms with Crippen LogP contribution in [0.4, 0.5) is 4.79 Å². The van der Waals surface area contributed by atoms with Gasteiger partial charge in [-0.3, -0.25) is 28.9 Å². The van der Waals surface area contributed by atoms with Crippen molar-refractivity contribution in [3.8, 4) is 0 Å². The predicted octanol–water partition coefficient (Wildman–Crippen LogP) is 3.60. The van der Waals surface area contributed by atoms with Gasteiger partial charge in [0, 0.05) is 44.1 Å². The van der Waals surface area contributed by atoms with E-state index in [0.717, 1.165) is 11.8 Å². The van der Waals surface area contributed by atoms with E-state index < -0.39 is 143 Å². The highest BCUT2D eigenvalue weighted by Crippen LogP contribution is 2.64. The summed E-state index contributed by atoms with van der Waals surface area (Å²) in [5.74, 6) is -8.32. The number of rotatable bonds is 12. The third-order valence-corrected chi connectivity index (χ3v) is 14.8. The van der Waals surface area contributed by atoms with Crippen LogP contribution in [0, 0.1) is 22.7 Å². The summed E-state index contributed by atoms with van der Waals surface area (Å²) in [5.41, 5.74) is -8.93. The summed E-state index contributed by atoms with van der Waals surface area (Å²) in [6.07, 6.45) is -12.8. The van der Waals surface area contributed by atoms with Crippen LogP contribution in [0.2, 0.25) is 0 Å². The van der Waals surface area contributed by atoms with Gasteiger partial charge < -0.3 is 49.1 Å². The number of alkyl carbamates (subject to hydrolysis) is 1. The average molecular weight is 975 g/mol. The molecule has 2 bridgehead atoms. The highest BCUT2D eigenvalue weighted by atomic mass is 16.6. The molecule has 4 N–H and O–H groups in total. The van der Waals surface area contributed by atoms with E-state index >= 15 is 9.59 Å². The lowest BCUT2D eigenvalue weighted by molar-refractivity contribution is -0.346. The van der Waals surface area contributed by atoms with Crippen LogP contribution >= 0.6 is 0 Å². The van der Waals surface area contributed by atoms with Crippen molar-refractivity contribution >= 4 is 47.6 Å². The molecule has 4 fully saturated rings. The quantitative estimate of drug-likeness (QED) is 0.102. The van der Waals surface area contributed by atoms with Crippen molar-refractivity contribution in [2.45, 2.75) is 147 Å². The Kier molecular flexibility index (Phi) is 14.0. The van der Waals surface area contributed by atoms with Gasteiger partial charge in [0.05, 0.1) is 36.0 Å². The van der Waals surface area contributed by atoms with Crippen molar-refractivity contribution in [2.24, 2.45) is 22.7 Å². The molecule has 2 saturated heterocycles. The lowest BCUT2D eigenvalue weighted by Gasteiger charge is -2.67. The zero-order chi connectivity index (χ0) is 51.5. The van der Waals surface area contributed by atoms with Crippen LogP contribution in [0.5, 0.6) is 0 Å². The lowest BCUT2D eigenvalue weighted by atomic mass is 9.44. The number of hydrogen-bond donors (Lipinski definition) is 4. The van der Waals surface area contributed by atoms with Crippen LogP contribution in [-0.2, 0) is 57.2 Å². The minimum atomic E-state index is -2.47. The number of Topliss-reactive ketones (excluding diaryl/α,β-unsaturated/α-hetero) is 1. The Morgan fingerprint density at radius 2 is 1.57 bits per heavy atom. The summed E-state index contributed by atoms with van der Waals surface area (Å²) in [6.45, 7) is 12.7. The van der Waals surface area contributed by atoms with Gasteiger partial charge in [-0.05, 0) is 63.5 Å². The first-order valence-electron chi connectivity index (χ1n) is 23.4. The number of aliphatic hydroxyl groups excluding tert-OH is 2. The van der Waals surface area contributed by atoms with Gasteiger partial charge in [0.2, 0.25) is 17.9 Å². The number of amides is 3. The number of ether oxygens (including phenoxy) is 6. The van der Waals surface area contributed by atoms with E-state index in [1.807, 2.05) is 0 Å². The first-order chi connectivity index (χ1) is 32.7. The molecule has 3 aliphatic carbocycles. The molecule has 19 heteroatoms. The maximum Gasteiger partial charge on any atom is 0.408 e. The zero-order valence-corrected chi connectivity index (χ0v) is 40.7. The van der Waals surface area contributed by atoms with Gasteiger partial charge in [-0.1, -0.05) is 69.3 Å². The number of ketones is 1. The van der Waals surface area contributed by atoms with Gasteiger partial charge in [-0.15, -0.1) is 0 Å². The topological polar surface area (TPSA) is 268 Å². The summed E-state index contributed by atoms with van der Waals surface area (Å²) in [4.78, 5) is 111. The number of fused-ring (bicyclic) bond motifs is 5. The van der Waals surface area contributed by atoms with Gasteiger partial charge in [-0.2, -0.15) is 0 Å². The number of benzene rings is 2. The summed E-state index contributed by atoms with van der Waals surface area (Å²) in [5, 5.41) is 40.8. The molecule has 12 atom stereocenters. The third-order valence-electron chi connectivity index (χ3n) is 14.8. The van der Waals surface area contributed by atoms with Crippen LogP contribution in [-0.4, -0.2) is 134 Å². The molecule has 7 rings (SSSR count). The predicted molar refractivity (Wildman–Crippen MR) is 243 cm³/mol. The number of likely N-dealkylation sites (tertiary alicyclic amines) is 1. The monoisotopic (exact) mass is 974 g/mol. The zero-order valence-electron chi connectivity index (χ0n) is 40.7. The van der Waals surface area contributed by atoms with Crippen molar-refractivity contribution in [3.63, 3.8) is 0 Å². The Hall–Kier alpha value is -6.02. The van der Waals surface area contributed by atoms with Crippen molar-refractivity contribution in [1.29, 1.82) is 0 Å². The Balaban J connectivity index is 1.35. The number of hydrogen-bond acceptors (Lipinski definition) is 17. The molecule has 1 unspecified atom stereocenters. The standard InChI is InChI=1S/C51H62N2O17/c1-26-22-34(56)53(43(26)60)21-20-35(57)67-39(37(29-16-12-10-13-17-29)52-46(63)70-47(4,5)6)45(62)66-31-24-51(64)42(68-44(61)30-18-14-11-15-19-30)40-49(9,41(59)38(58)36(27(31)2)48(51,7)8)32(55)23-33-50(40,25-65-33)69-28(3)54/h10-19,26,31-33,37-40,42,55,58,64H,20-25H2,1-9H3,(H,52,63)/t26?,31-,32+,33+,37+,38-,39-,40-,42+,49-,50+,51-/m1/s1. The Labute approximate surface area is 405 Å². The van der Waals surface area contributed by atoms with Crippen molar-refractivity contribution in [2.75, 3.05) is 13.2 Å². The van der Waals surface area contributed by atoms with Crippen LogP contribution in [0.25, 0.3) is 0 Å². The molecule has 70 heavy (non-hydrogen) atoms. The second-order valence-electron chi connectivity index (χ2n) is 20.8. The molecular weight excluding hydrogens is 913 g/mol. The fourth-order valence-corrected chi connectivity index (χ4v) is 11.1. The van der Waals surface area contributed by atoms with E-state index in [4.69, 9.17) is 28.4 Å². The first kappa shape index (κ1) is 51.8. The number of carbonyl (C=O) groups excluding carboxylic acids is 8. The molecule has 378 valence electrons. The molecular formula is C51H62N2O17. The summed E-state index contributed by atoms with van der Waals surface area (Å²) >= 11 is 0. The van der Waals surface area contributed by atoms with Crippen LogP contribution in [0.15, 0.2) is 71.8 Å². The summed E-state index contributed by atoms with van der Waals surface area (Å²) in [7, 11) is 0. The van der Waals surface area contributed by atoms with Crippen LogP contribution < -0.4 is 5.32 Å². The highest BCUT2D eigenvalue weighted by Gasteiger charge is 2.78. The van der Waals surface area contributed by atoms with Crippen molar-refractivity contribution in [3.05, 3.63) is 82.9 Å². The van der Waals surface area contributed by atoms with Crippen LogP contribution in [0.1, 0.15) is 110 Å². The molecule has 19 nitrogen and oxygen atoms in total. The number of carbonyl (C=O) groups is 8. The molecule has 2 aliphatic heterocycles. The summed E-state index contributed by atoms with van der Waals surface area (Å²) in [6, 6.07) is 14.1. The number of esters is 4. The van der Waals surface area contributed by atoms with E-state index in [1.165, 1.54) is 52.0 Å². The number of nitrogens with one attached hydrogen (secondary N) is 1. The molecule has 2 aromatic carbocycles. The molecule has 0 aromatic heterocycles. The molecule has 0 radical (unpaired) electrons. The van der Waals surface area contributed by atoms with Crippen LogP contribution in [0.3, 0.4) is 0 Å². The number of imide groups is 1. The molecule has 0 spiro atoms. The normalized spacial score (nSPS) is 32.1. The largest absolute Gasteiger partial charge is 0.455 e. The van der Waals surface area contributed by atoms with E-state index in [9.17, 15) is 44.1 Å². The maximum atomic E-state index is 15.2. The number of aliphatic hydroxyl groups is 3. The minimum absolute atomic E-state index is 0.0335. The lowest BCUT2D eigenvalue weighted by Crippen LogP contribution is -2.81. The Morgan fingerprint density at radius 3 is 2.13 bits per heavy atom. The molecule has 2 heterocycles. The van der Waals surface area contributed by atoms with Gasteiger partial charge in [-0.25, -0.2) is 14.4 Å². The SMILES string of the molecule is CC(=O)O[C@@]12CO[C@H]1C[C@H](O)[C@@]1(C)C(=O)[C@H](O)C3=C(C)[C@H](OC(=O)[C@H](OC(=O)CCN4C(=O)CC(C)C4=O)[C@@H](NC(=O)OC(C)(C)C)c4ccccc4)C[C@@](O)([C@@H](OC(=O)c4ccccc4)[C@@H]21)C3(C)C. The van der Waals surface area contributed by atoms with E-state index in [2.05, 4.69) is 5.32 Å². The molecule has 2 aromatic rings. The average Bonchev–Trinajstić information content (AvgIpc) is 3.53. The molecule has 3 amide bonds. The van der Waals surface area contributed by atoms with Gasteiger partial charge >= 0.3 is 30.0 Å². The second-order valence-corrected chi connectivity index (χ2v) is 20.8. The van der Waals surface area contributed by atoms with E-state index in [0.29, 0.717) is 0 Å². The molecule has 2 saturated carbocycles. The third kappa shape index (κ3) is 9.12. The van der Waals surface area contributed by atoms with Crippen molar-refractivity contribution in [1.82, 2.24) is 10.2 Å². The maximum absolute atomic E-state index is 15.2. The number of nitrogens with zero attached hydrogens (tertiary/aromatic N) is 1.